The quantitative estimate of drug-likeness (QED) is 0.729. The number of hydrogen-bond donors (Lipinski definition) is 1. The molecule has 3 aromatic rings. The van der Waals surface area contributed by atoms with Gasteiger partial charge in [0, 0.05) is 50.1 Å². The molecule has 0 radical (unpaired) electrons. The number of H-pyrrole nitrogens is 1. The minimum absolute atomic E-state index is 0.0810. The predicted molar refractivity (Wildman–Crippen MR) is 109 cm³/mol. The number of nitrogens with zero attached hydrogens (tertiary/aromatic N) is 4. The Kier molecular flexibility index (Phi) is 5.24. The number of piperazine rings is 1. The Bertz CT molecular complexity index is 1040. The third-order valence-corrected chi connectivity index (χ3v) is 4.96. The van der Waals surface area contributed by atoms with Crippen LogP contribution in [0.25, 0.3) is 11.3 Å². The Hall–Kier alpha value is -3.68. The van der Waals surface area contributed by atoms with Crippen molar-refractivity contribution in [3.63, 3.8) is 0 Å². The van der Waals surface area contributed by atoms with Crippen molar-refractivity contribution in [3.8, 4) is 17.0 Å². The summed E-state index contributed by atoms with van der Waals surface area (Å²) in [5.74, 6) is 1.55. The van der Waals surface area contributed by atoms with Gasteiger partial charge in [-0.15, -0.1) is 0 Å². The summed E-state index contributed by atoms with van der Waals surface area (Å²) in [6, 6.07) is 12.6. The van der Waals surface area contributed by atoms with Crippen molar-refractivity contribution in [1.82, 2.24) is 19.9 Å². The van der Waals surface area contributed by atoms with Crippen LogP contribution in [-0.4, -0.2) is 59.0 Å². The maximum Gasteiger partial charge on any atom is 0.255 e. The molecule has 8 nitrogen and oxygen atoms in total. The van der Waals surface area contributed by atoms with E-state index in [0.717, 1.165) is 22.8 Å². The van der Waals surface area contributed by atoms with Gasteiger partial charge in [0.25, 0.3) is 5.91 Å². The lowest BCUT2D eigenvalue weighted by atomic mass is 10.1. The highest BCUT2D eigenvalue weighted by Gasteiger charge is 2.23. The molecule has 2 aromatic heterocycles. The highest BCUT2D eigenvalue weighted by Crippen LogP contribution is 2.24. The van der Waals surface area contributed by atoms with Gasteiger partial charge in [-0.25, -0.2) is 9.97 Å². The average Bonchev–Trinajstić information content (AvgIpc) is 2.79. The second-order valence-electron chi connectivity index (χ2n) is 6.71. The third kappa shape index (κ3) is 4.11. The van der Waals surface area contributed by atoms with Crippen molar-refractivity contribution in [2.24, 2.45) is 0 Å². The van der Waals surface area contributed by atoms with Crippen LogP contribution in [0.2, 0.25) is 0 Å². The van der Waals surface area contributed by atoms with Gasteiger partial charge >= 0.3 is 0 Å². The molecule has 1 amide bonds. The number of nitrogens with one attached hydrogen (secondary N) is 1. The molecule has 8 heteroatoms. The van der Waals surface area contributed by atoms with E-state index in [1.165, 1.54) is 12.3 Å². The Morgan fingerprint density at radius 2 is 1.79 bits per heavy atom. The molecule has 1 saturated heterocycles. The van der Waals surface area contributed by atoms with Crippen molar-refractivity contribution in [1.29, 1.82) is 0 Å². The van der Waals surface area contributed by atoms with Crippen LogP contribution in [0.4, 0.5) is 5.82 Å². The van der Waals surface area contributed by atoms with Crippen LogP contribution in [0.1, 0.15) is 10.4 Å². The summed E-state index contributed by atoms with van der Waals surface area (Å²) in [5, 5.41) is 0. The maximum absolute atomic E-state index is 12.6. The van der Waals surface area contributed by atoms with Crippen LogP contribution in [0.15, 0.2) is 59.8 Å². The summed E-state index contributed by atoms with van der Waals surface area (Å²) in [5.41, 5.74) is 2.09. The number of ether oxygens (including phenoxy) is 1. The molecule has 0 unspecified atom stereocenters. The zero-order chi connectivity index (χ0) is 20.2. The summed E-state index contributed by atoms with van der Waals surface area (Å²) in [6.07, 6.45) is 3.02. The van der Waals surface area contributed by atoms with E-state index in [9.17, 15) is 9.59 Å². The van der Waals surface area contributed by atoms with Crippen LogP contribution in [0.3, 0.4) is 0 Å². The summed E-state index contributed by atoms with van der Waals surface area (Å²) in [4.78, 5) is 39.0. The topological polar surface area (TPSA) is 91.4 Å². The fraction of sp³-hybridized carbons (Fsp3) is 0.238. The third-order valence-electron chi connectivity index (χ3n) is 4.96. The second-order valence-corrected chi connectivity index (χ2v) is 6.71. The van der Waals surface area contributed by atoms with E-state index in [4.69, 9.17) is 4.74 Å². The number of benzene rings is 1. The summed E-state index contributed by atoms with van der Waals surface area (Å²) >= 11 is 0. The molecule has 3 heterocycles. The minimum Gasteiger partial charge on any atom is -0.497 e. The number of carbonyl (C=O) groups is 1. The number of rotatable bonds is 4. The lowest BCUT2D eigenvalue weighted by molar-refractivity contribution is 0.0746. The molecule has 1 aliphatic heterocycles. The number of anilines is 1. The summed E-state index contributed by atoms with van der Waals surface area (Å²) in [6.45, 7) is 2.52. The van der Waals surface area contributed by atoms with E-state index >= 15 is 0 Å². The van der Waals surface area contributed by atoms with Crippen LogP contribution >= 0.6 is 0 Å². The van der Waals surface area contributed by atoms with Gasteiger partial charge in [-0.3, -0.25) is 9.59 Å². The average molecular weight is 391 g/mol. The van der Waals surface area contributed by atoms with Crippen LogP contribution in [-0.2, 0) is 0 Å². The highest BCUT2D eigenvalue weighted by molar-refractivity contribution is 5.94. The zero-order valence-corrected chi connectivity index (χ0v) is 16.0. The molecular weight excluding hydrogens is 370 g/mol. The van der Waals surface area contributed by atoms with E-state index in [1.54, 1.807) is 24.4 Å². The smallest absolute Gasteiger partial charge is 0.255 e. The van der Waals surface area contributed by atoms with Gasteiger partial charge in [0.15, 0.2) is 0 Å². The Balaban J connectivity index is 1.43. The number of pyridine rings is 1. The standard InChI is InChI=1S/C21H21N5O3/c1-29-17-5-2-15(3-6-17)18-12-19(24-14-23-18)25-8-10-26(11-9-25)21(28)16-4-7-20(27)22-13-16/h2-7,12-14H,8-11H2,1H3,(H,22,27). The molecule has 4 rings (SSSR count). The van der Waals surface area contributed by atoms with E-state index in [0.29, 0.717) is 31.7 Å². The molecule has 148 valence electrons. The lowest BCUT2D eigenvalue weighted by Crippen LogP contribution is -2.49. The molecule has 1 fully saturated rings. The van der Waals surface area contributed by atoms with E-state index in [-0.39, 0.29) is 11.5 Å². The lowest BCUT2D eigenvalue weighted by Gasteiger charge is -2.35. The number of aromatic amines is 1. The van der Waals surface area contributed by atoms with Gasteiger partial charge in [-0.2, -0.15) is 0 Å². The monoisotopic (exact) mass is 391 g/mol. The normalized spacial score (nSPS) is 14.0. The number of methoxy groups -OCH3 is 1. The Labute approximate surface area is 167 Å². The predicted octanol–water partition coefficient (Wildman–Crippen LogP) is 1.80. The highest BCUT2D eigenvalue weighted by atomic mass is 16.5. The van der Waals surface area contributed by atoms with Gasteiger partial charge in [0.1, 0.15) is 17.9 Å². The van der Waals surface area contributed by atoms with Crippen molar-refractivity contribution >= 4 is 11.7 Å². The van der Waals surface area contributed by atoms with Crippen molar-refractivity contribution < 1.29 is 9.53 Å². The maximum atomic E-state index is 12.6. The molecule has 1 aliphatic rings. The number of carbonyl (C=O) groups excluding carboxylic acids is 1. The Morgan fingerprint density at radius 3 is 2.45 bits per heavy atom. The molecule has 1 N–H and O–H groups in total. The van der Waals surface area contributed by atoms with E-state index < -0.39 is 0 Å². The van der Waals surface area contributed by atoms with Crippen molar-refractivity contribution in [3.05, 3.63) is 70.9 Å². The van der Waals surface area contributed by atoms with E-state index in [2.05, 4.69) is 19.9 Å². The minimum atomic E-state index is -0.220. The van der Waals surface area contributed by atoms with Crippen LogP contribution in [0, 0.1) is 0 Å². The Morgan fingerprint density at radius 1 is 1.03 bits per heavy atom. The summed E-state index contributed by atoms with van der Waals surface area (Å²) < 4.78 is 5.20. The second kappa shape index (κ2) is 8.14. The first-order valence-electron chi connectivity index (χ1n) is 9.33. The molecule has 0 aliphatic carbocycles. The van der Waals surface area contributed by atoms with Crippen molar-refractivity contribution in [2.75, 3.05) is 38.2 Å². The van der Waals surface area contributed by atoms with Crippen LogP contribution in [0.5, 0.6) is 5.75 Å². The van der Waals surface area contributed by atoms with Gasteiger partial charge in [0.2, 0.25) is 5.56 Å². The van der Waals surface area contributed by atoms with Gasteiger partial charge in [0.05, 0.1) is 18.4 Å². The number of aromatic nitrogens is 3. The fourth-order valence-corrected chi connectivity index (χ4v) is 3.30. The zero-order valence-electron chi connectivity index (χ0n) is 16.0. The largest absolute Gasteiger partial charge is 0.497 e. The summed E-state index contributed by atoms with van der Waals surface area (Å²) in [7, 11) is 1.64. The van der Waals surface area contributed by atoms with E-state index in [1.807, 2.05) is 30.3 Å². The molecule has 29 heavy (non-hydrogen) atoms. The van der Waals surface area contributed by atoms with Gasteiger partial charge in [-0.1, -0.05) is 0 Å². The molecule has 1 aromatic carbocycles. The van der Waals surface area contributed by atoms with Gasteiger partial charge in [-0.05, 0) is 30.3 Å². The first kappa shape index (κ1) is 18.7. The molecule has 0 atom stereocenters. The number of hydrogen-bond acceptors (Lipinski definition) is 6. The first-order chi connectivity index (χ1) is 14.1. The fourth-order valence-electron chi connectivity index (χ4n) is 3.30. The molecular formula is C21H21N5O3. The SMILES string of the molecule is COc1ccc(-c2cc(N3CCN(C(=O)c4ccc(=O)[nH]c4)CC3)ncn2)cc1. The first-order valence-corrected chi connectivity index (χ1v) is 9.33. The van der Waals surface area contributed by atoms with Crippen LogP contribution < -0.4 is 15.2 Å². The van der Waals surface area contributed by atoms with Gasteiger partial charge < -0.3 is 19.5 Å². The molecule has 0 spiro atoms. The number of amides is 1. The molecule has 0 bridgehead atoms. The molecule has 0 saturated carbocycles. The van der Waals surface area contributed by atoms with Crippen molar-refractivity contribution in [2.45, 2.75) is 0 Å².